The molecule has 1 N–H and O–H groups in total. The summed E-state index contributed by atoms with van der Waals surface area (Å²) in [6.45, 7) is 0.309. The minimum absolute atomic E-state index is 0.254. The van der Waals surface area contributed by atoms with Crippen molar-refractivity contribution in [3.05, 3.63) is 45.2 Å². The molecule has 0 atom stereocenters. The standard InChI is InChI=1S/C9H7FN4O2S/c10-6-1-2-8(9(3-6)14(15)16)11-4-7-5-17-13-12-7/h1-3,5,11H,4H2. The number of hydrogen-bond donors (Lipinski definition) is 1. The molecule has 88 valence electrons. The summed E-state index contributed by atoms with van der Waals surface area (Å²) in [7, 11) is 0. The molecule has 0 fully saturated rings. The van der Waals surface area contributed by atoms with Crippen LogP contribution in [0.4, 0.5) is 15.8 Å². The van der Waals surface area contributed by atoms with Gasteiger partial charge in [0.05, 0.1) is 23.2 Å². The van der Waals surface area contributed by atoms with Gasteiger partial charge >= 0.3 is 0 Å². The number of aromatic nitrogens is 2. The second kappa shape index (κ2) is 4.83. The Bertz CT molecular complexity index is 532. The lowest BCUT2D eigenvalue weighted by Crippen LogP contribution is -2.03. The van der Waals surface area contributed by atoms with E-state index >= 15 is 0 Å². The van der Waals surface area contributed by atoms with E-state index in [9.17, 15) is 14.5 Å². The molecule has 0 aliphatic rings. The summed E-state index contributed by atoms with van der Waals surface area (Å²) < 4.78 is 16.5. The summed E-state index contributed by atoms with van der Waals surface area (Å²) in [6.07, 6.45) is 0. The molecule has 8 heteroatoms. The third-order valence-electron chi connectivity index (χ3n) is 2.02. The van der Waals surface area contributed by atoms with Crippen molar-refractivity contribution in [3.8, 4) is 0 Å². The van der Waals surface area contributed by atoms with Gasteiger partial charge in [-0.2, -0.15) is 0 Å². The van der Waals surface area contributed by atoms with Crippen molar-refractivity contribution in [3.63, 3.8) is 0 Å². The van der Waals surface area contributed by atoms with Crippen molar-refractivity contribution in [1.29, 1.82) is 0 Å². The molecule has 17 heavy (non-hydrogen) atoms. The molecule has 0 amide bonds. The molecule has 0 unspecified atom stereocenters. The van der Waals surface area contributed by atoms with Gasteiger partial charge in [0.15, 0.2) is 0 Å². The fourth-order valence-electron chi connectivity index (χ4n) is 1.25. The number of anilines is 1. The molecule has 0 spiro atoms. The molecular weight excluding hydrogens is 247 g/mol. The first kappa shape index (κ1) is 11.4. The van der Waals surface area contributed by atoms with E-state index in [0.29, 0.717) is 12.2 Å². The van der Waals surface area contributed by atoms with Gasteiger partial charge in [-0.05, 0) is 23.7 Å². The number of nitrogens with one attached hydrogen (secondary N) is 1. The summed E-state index contributed by atoms with van der Waals surface area (Å²) in [4.78, 5) is 10.1. The highest BCUT2D eigenvalue weighted by Gasteiger charge is 2.14. The number of rotatable bonds is 4. The van der Waals surface area contributed by atoms with Crippen molar-refractivity contribution < 1.29 is 9.31 Å². The summed E-state index contributed by atoms with van der Waals surface area (Å²) in [5, 5.41) is 19.0. The zero-order valence-electron chi connectivity index (χ0n) is 8.46. The highest BCUT2D eigenvalue weighted by molar-refractivity contribution is 7.03. The van der Waals surface area contributed by atoms with Crippen molar-refractivity contribution in [2.75, 3.05) is 5.32 Å². The highest BCUT2D eigenvalue weighted by atomic mass is 32.1. The number of nitro groups is 1. The SMILES string of the molecule is O=[N+]([O-])c1cc(F)ccc1NCc1csnn1. The second-order valence-corrected chi connectivity index (χ2v) is 3.78. The first-order valence-electron chi connectivity index (χ1n) is 4.60. The molecule has 0 saturated carbocycles. The van der Waals surface area contributed by atoms with E-state index in [-0.39, 0.29) is 11.4 Å². The lowest BCUT2D eigenvalue weighted by molar-refractivity contribution is -0.384. The Morgan fingerprint density at radius 1 is 1.53 bits per heavy atom. The van der Waals surface area contributed by atoms with Crippen LogP contribution < -0.4 is 5.32 Å². The van der Waals surface area contributed by atoms with Gasteiger partial charge in [-0.25, -0.2) is 4.39 Å². The molecule has 0 aliphatic carbocycles. The Labute approximate surface area is 99.4 Å². The van der Waals surface area contributed by atoms with Crippen LogP contribution in [0.15, 0.2) is 23.6 Å². The predicted molar refractivity (Wildman–Crippen MR) is 60.3 cm³/mol. The number of hydrogen-bond acceptors (Lipinski definition) is 6. The molecule has 1 aromatic heterocycles. The van der Waals surface area contributed by atoms with Gasteiger partial charge in [-0.15, -0.1) is 5.10 Å². The van der Waals surface area contributed by atoms with Crippen LogP contribution in [0.1, 0.15) is 5.69 Å². The summed E-state index contributed by atoms with van der Waals surface area (Å²) in [5.74, 6) is -0.641. The number of nitrogens with zero attached hydrogens (tertiary/aromatic N) is 3. The van der Waals surface area contributed by atoms with Crippen LogP contribution in [0, 0.1) is 15.9 Å². The van der Waals surface area contributed by atoms with E-state index in [1.165, 1.54) is 17.6 Å². The van der Waals surface area contributed by atoms with E-state index in [1.807, 2.05) is 0 Å². The van der Waals surface area contributed by atoms with E-state index in [1.54, 1.807) is 5.38 Å². The van der Waals surface area contributed by atoms with E-state index < -0.39 is 10.7 Å². The molecule has 6 nitrogen and oxygen atoms in total. The van der Waals surface area contributed by atoms with Crippen LogP contribution in [-0.2, 0) is 6.54 Å². The highest BCUT2D eigenvalue weighted by Crippen LogP contribution is 2.25. The molecule has 1 aromatic carbocycles. The average Bonchev–Trinajstić information content (AvgIpc) is 2.80. The maximum Gasteiger partial charge on any atom is 0.295 e. The number of nitro benzene ring substituents is 1. The Balaban J connectivity index is 2.17. The van der Waals surface area contributed by atoms with Gasteiger partial charge in [0.1, 0.15) is 11.5 Å². The van der Waals surface area contributed by atoms with Gasteiger partial charge < -0.3 is 5.32 Å². The molecule has 2 aromatic rings. The molecule has 0 aliphatic heterocycles. The Kier molecular flexibility index (Phi) is 3.24. The third kappa shape index (κ3) is 2.72. The lowest BCUT2D eigenvalue weighted by Gasteiger charge is -2.04. The Morgan fingerprint density at radius 3 is 3.00 bits per heavy atom. The maximum absolute atomic E-state index is 12.9. The Morgan fingerprint density at radius 2 is 2.35 bits per heavy atom. The van der Waals surface area contributed by atoms with Gasteiger partial charge in [0, 0.05) is 5.38 Å². The fraction of sp³-hybridized carbons (Fsp3) is 0.111. The van der Waals surface area contributed by atoms with Gasteiger partial charge in [-0.3, -0.25) is 10.1 Å². The van der Waals surface area contributed by atoms with Crippen molar-refractivity contribution in [2.45, 2.75) is 6.54 Å². The quantitative estimate of drug-likeness (QED) is 0.668. The summed E-state index contributed by atoms with van der Waals surface area (Å²) in [5.41, 5.74) is 0.631. The average molecular weight is 254 g/mol. The van der Waals surface area contributed by atoms with Crippen LogP contribution >= 0.6 is 11.5 Å². The molecule has 0 radical (unpaired) electrons. The molecule has 2 rings (SSSR count). The van der Waals surface area contributed by atoms with E-state index in [0.717, 1.165) is 12.1 Å². The van der Waals surface area contributed by atoms with Gasteiger partial charge in [-0.1, -0.05) is 4.49 Å². The predicted octanol–water partition coefficient (Wildman–Crippen LogP) is 2.20. The Hall–Kier alpha value is -2.09. The molecule has 0 saturated heterocycles. The minimum atomic E-state index is -0.641. The monoisotopic (exact) mass is 254 g/mol. The largest absolute Gasteiger partial charge is 0.374 e. The first-order chi connectivity index (χ1) is 8.16. The van der Waals surface area contributed by atoms with Crippen molar-refractivity contribution in [1.82, 2.24) is 9.59 Å². The van der Waals surface area contributed by atoms with Gasteiger partial charge in [0.25, 0.3) is 5.69 Å². The summed E-state index contributed by atoms with van der Waals surface area (Å²) in [6, 6.07) is 3.36. The zero-order chi connectivity index (χ0) is 12.3. The summed E-state index contributed by atoms with van der Waals surface area (Å²) >= 11 is 1.19. The normalized spacial score (nSPS) is 10.2. The van der Waals surface area contributed by atoms with Crippen LogP contribution in [0.2, 0.25) is 0 Å². The molecular formula is C9H7FN4O2S. The van der Waals surface area contributed by atoms with E-state index in [2.05, 4.69) is 14.9 Å². The zero-order valence-corrected chi connectivity index (χ0v) is 9.28. The fourth-order valence-corrected chi connectivity index (χ4v) is 1.70. The van der Waals surface area contributed by atoms with E-state index in [4.69, 9.17) is 0 Å². The topological polar surface area (TPSA) is 81.0 Å². The van der Waals surface area contributed by atoms with Crippen LogP contribution in [0.25, 0.3) is 0 Å². The maximum atomic E-state index is 12.9. The molecule has 0 bridgehead atoms. The van der Waals surface area contributed by atoms with Crippen LogP contribution in [0.3, 0.4) is 0 Å². The van der Waals surface area contributed by atoms with Crippen molar-refractivity contribution >= 4 is 22.9 Å². The molecule has 1 heterocycles. The van der Waals surface area contributed by atoms with Crippen LogP contribution in [-0.4, -0.2) is 14.5 Å². The van der Waals surface area contributed by atoms with Crippen molar-refractivity contribution in [2.24, 2.45) is 0 Å². The number of benzene rings is 1. The minimum Gasteiger partial charge on any atom is -0.374 e. The smallest absolute Gasteiger partial charge is 0.295 e. The first-order valence-corrected chi connectivity index (χ1v) is 5.44. The number of halogens is 1. The third-order valence-corrected chi connectivity index (χ3v) is 2.58. The van der Waals surface area contributed by atoms with Crippen LogP contribution in [0.5, 0.6) is 0 Å². The van der Waals surface area contributed by atoms with Gasteiger partial charge in [0.2, 0.25) is 0 Å². The lowest BCUT2D eigenvalue weighted by atomic mass is 10.2. The second-order valence-electron chi connectivity index (χ2n) is 3.17.